The van der Waals surface area contributed by atoms with Crippen molar-refractivity contribution in [1.29, 1.82) is 0 Å². The predicted octanol–water partition coefficient (Wildman–Crippen LogP) is 2.89. The average molecular weight is 274 g/mol. The van der Waals surface area contributed by atoms with E-state index in [1.807, 2.05) is 13.8 Å². The number of nitrogens with one attached hydrogen (secondary N) is 1. The summed E-state index contributed by atoms with van der Waals surface area (Å²) >= 11 is 0. The Morgan fingerprint density at radius 3 is 2.80 bits per heavy atom. The molecule has 1 saturated carbocycles. The van der Waals surface area contributed by atoms with E-state index in [2.05, 4.69) is 32.3 Å². The molecule has 3 rings (SSSR count). The van der Waals surface area contributed by atoms with Gasteiger partial charge in [0.15, 0.2) is 0 Å². The van der Waals surface area contributed by atoms with Crippen molar-refractivity contribution in [3.8, 4) is 0 Å². The first-order valence-corrected chi connectivity index (χ1v) is 7.40. The molecular weight excluding hydrogens is 252 g/mol. The molecule has 0 bridgehead atoms. The van der Waals surface area contributed by atoms with Crippen molar-refractivity contribution in [2.45, 2.75) is 58.7 Å². The van der Waals surface area contributed by atoms with E-state index >= 15 is 0 Å². The van der Waals surface area contributed by atoms with Crippen molar-refractivity contribution in [1.82, 2.24) is 20.1 Å². The summed E-state index contributed by atoms with van der Waals surface area (Å²) in [6.45, 7) is 5.30. The largest absolute Gasteiger partial charge is 0.444 e. The SMILES string of the molecule is Cc1nc(CNCc2ccn(C3CCCC3)n2)oc1C. The molecule has 0 atom stereocenters. The maximum Gasteiger partial charge on any atom is 0.208 e. The number of rotatable bonds is 5. The third-order valence-corrected chi connectivity index (χ3v) is 4.02. The van der Waals surface area contributed by atoms with E-state index in [-0.39, 0.29) is 0 Å². The summed E-state index contributed by atoms with van der Waals surface area (Å²) in [4.78, 5) is 4.35. The van der Waals surface area contributed by atoms with Crippen LogP contribution in [0.1, 0.15) is 54.8 Å². The highest BCUT2D eigenvalue weighted by molar-refractivity contribution is 5.05. The molecule has 108 valence electrons. The lowest BCUT2D eigenvalue weighted by Gasteiger charge is -2.08. The highest BCUT2D eigenvalue weighted by Crippen LogP contribution is 2.28. The highest BCUT2D eigenvalue weighted by atomic mass is 16.4. The molecule has 2 aromatic rings. The molecule has 0 aromatic carbocycles. The summed E-state index contributed by atoms with van der Waals surface area (Å²) in [6, 6.07) is 2.71. The Kier molecular flexibility index (Phi) is 3.87. The molecule has 20 heavy (non-hydrogen) atoms. The van der Waals surface area contributed by atoms with Gasteiger partial charge >= 0.3 is 0 Å². The van der Waals surface area contributed by atoms with Crippen LogP contribution < -0.4 is 5.32 Å². The molecule has 5 nitrogen and oxygen atoms in total. The first-order chi connectivity index (χ1) is 9.72. The molecule has 1 N–H and O–H groups in total. The number of oxazole rings is 1. The Morgan fingerprint density at radius 2 is 2.10 bits per heavy atom. The fraction of sp³-hybridized carbons (Fsp3) is 0.600. The Balaban J connectivity index is 1.51. The van der Waals surface area contributed by atoms with Gasteiger partial charge in [0.05, 0.1) is 24.0 Å². The highest BCUT2D eigenvalue weighted by Gasteiger charge is 2.17. The average Bonchev–Trinajstić information content (AvgIpc) is 3.12. The topological polar surface area (TPSA) is 55.9 Å². The first-order valence-electron chi connectivity index (χ1n) is 7.40. The number of hydrogen-bond donors (Lipinski definition) is 1. The zero-order chi connectivity index (χ0) is 13.9. The normalized spacial score (nSPS) is 16.1. The number of nitrogens with zero attached hydrogens (tertiary/aromatic N) is 3. The second-order valence-corrected chi connectivity index (χ2v) is 5.58. The smallest absolute Gasteiger partial charge is 0.208 e. The van der Waals surface area contributed by atoms with Crippen LogP contribution in [-0.4, -0.2) is 14.8 Å². The summed E-state index contributed by atoms with van der Waals surface area (Å²) in [7, 11) is 0. The second kappa shape index (κ2) is 5.79. The van der Waals surface area contributed by atoms with E-state index < -0.39 is 0 Å². The minimum Gasteiger partial charge on any atom is -0.444 e. The van der Waals surface area contributed by atoms with Gasteiger partial charge in [-0.05, 0) is 32.8 Å². The molecule has 0 saturated heterocycles. The fourth-order valence-corrected chi connectivity index (χ4v) is 2.76. The maximum absolute atomic E-state index is 5.54. The molecular formula is C15H22N4O. The lowest BCUT2D eigenvalue weighted by Crippen LogP contribution is -2.14. The van der Waals surface area contributed by atoms with Gasteiger partial charge in [-0.1, -0.05) is 12.8 Å². The summed E-state index contributed by atoms with van der Waals surface area (Å²) in [6.07, 6.45) is 7.31. The Bertz CT molecular complexity index is 547. The van der Waals surface area contributed by atoms with Gasteiger partial charge in [0.2, 0.25) is 5.89 Å². The van der Waals surface area contributed by atoms with Crippen LogP contribution in [0.25, 0.3) is 0 Å². The van der Waals surface area contributed by atoms with Gasteiger partial charge in [-0.2, -0.15) is 5.10 Å². The number of aromatic nitrogens is 3. The van der Waals surface area contributed by atoms with Crippen LogP contribution in [0, 0.1) is 13.8 Å². The molecule has 0 aliphatic heterocycles. The van der Waals surface area contributed by atoms with Gasteiger partial charge in [-0.15, -0.1) is 0 Å². The summed E-state index contributed by atoms with van der Waals surface area (Å²) in [5, 5.41) is 7.98. The second-order valence-electron chi connectivity index (χ2n) is 5.58. The van der Waals surface area contributed by atoms with Gasteiger partial charge in [0.1, 0.15) is 5.76 Å². The van der Waals surface area contributed by atoms with E-state index in [1.165, 1.54) is 25.7 Å². The van der Waals surface area contributed by atoms with Crippen LogP contribution in [0.15, 0.2) is 16.7 Å². The van der Waals surface area contributed by atoms with Crippen molar-refractivity contribution >= 4 is 0 Å². The van der Waals surface area contributed by atoms with Crippen LogP contribution in [0.3, 0.4) is 0 Å². The standard InChI is InChI=1S/C15H22N4O/c1-11-12(2)20-15(17-11)10-16-9-13-7-8-19(18-13)14-5-3-4-6-14/h7-8,14,16H,3-6,9-10H2,1-2H3. The van der Waals surface area contributed by atoms with Crippen molar-refractivity contribution in [2.24, 2.45) is 0 Å². The van der Waals surface area contributed by atoms with E-state index in [0.29, 0.717) is 12.6 Å². The van der Waals surface area contributed by atoms with Crippen molar-refractivity contribution in [3.05, 3.63) is 35.3 Å². The van der Waals surface area contributed by atoms with Gasteiger partial charge in [0.25, 0.3) is 0 Å². The van der Waals surface area contributed by atoms with Crippen molar-refractivity contribution in [3.63, 3.8) is 0 Å². The third-order valence-electron chi connectivity index (χ3n) is 4.02. The lowest BCUT2D eigenvalue weighted by molar-refractivity contribution is 0.442. The Hall–Kier alpha value is -1.62. The van der Waals surface area contributed by atoms with Gasteiger partial charge < -0.3 is 9.73 Å². The first kappa shape index (κ1) is 13.4. The zero-order valence-corrected chi connectivity index (χ0v) is 12.2. The molecule has 0 unspecified atom stereocenters. The Labute approximate surface area is 119 Å². The Morgan fingerprint density at radius 1 is 1.30 bits per heavy atom. The quantitative estimate of drug-likeness (QED) is 0.911. The molecule has 5 heteroatoms. The molecule has 0 amide bonds. The molecule has 1 fully saturated rings. The number of aryl methyl sites for hydroxylation is 2. The van der Waals surface area contributed by atoms with E-state index in [9.17, 15) is 0 Å². The minimum atomic E-state index is 0.612. The zero-order valence-electron chi connectivity index (χ0n) is 12.2. The van der Waals surface area contributed by atoms with E-state index in [0.717, 1.165) is 29.6 Å². The van der Waals surface area contributed by atoms with Gasteiger partial charge in [-0.3, -0.25) is 4.68 Å². The van der Waals surface area contributed by atoms with Crippen LogP contribution in [0.5, 0.6) is 0 Å². The van der Waals surface area contributed by atoms with Gasteiger partial charge in [0, 0.05) is 12.7 Å². The monoisotopic (exact) mass is 274 g/mol. The van der Waals surface area contributed by atoms with Crippen molar-refractivity contribution in [2.75, 3.05) is 0 Å². The van der Waals surface area contributed by atoms with Crippen LogP contribution in [0.2, 0.25) is 0 Å². The van der Waals surface area contributed by atoms with Gasteiger partial charge in [-0.25, -0.2) is 4.98 Å². The molecule has 0 spiro atoms. The molecule has 0 radical (unpaired) electrons. The summed E-state index contributed by atoms with van der Waals surface area (Å²) in [5.41, 5.74) is 2.05. The molecule has 1 aliphatic rings. The van der Waals surface area contributed by atoms with E-state index in [1.54, 1.807) is 0 Å². The summed E-state index contributed by atoms with van der Waals surface area (Å²) in [5.74, 6) is 1.64. The molecule has 2 heterocycles. The maximum atomic E-state index is 5.54. The predicted molar refractivity (Wildman–Crippen MR) is 76.3 cm³/mol. The third kappa shape index (κ3) is 2.93. The fourth-order valence-electron chi connectivity index (χ4n) is 2.76. The van der Waals surface area contributed by atoms with Crippen LogP contribution in [0.4, 0.5) is 0 Å². The molecule has 1 aliphatic carbocycles. The number of hydrogen-bond acceptors (Lipinski definition) is 4. The molecule has 2 aromatic heterocycles. The minimum absolute atomic E-state index is 0.612. The lowest BCUT2D eigenvalue weighted by atomic mass is 10.3. The van der Waals surface area contributed by atoms with E-state index in [4.69, 9.17) is 4.42 Å². The van der Waals surface area contributed by atoms with Crippen LogP contribution >= 0.6 is 0 Å². The summed E-state index contributed by atoms with van der Waals surface area (Å²) < 4.78 is 7.67. The van der Waals surface area contributed by atoms with Crippen LogP contribution in [-0.2, 0) is 13.1 Å². The van der Waals surface area contributed by atoms with Crippen molar-refractivity contribution < 1.29 is 4.42 Å².